The maximum absolute atomic E-state index is 11.7. The fourth-order valence-corrected chi connectivity index (χ4v) is 2.17. The van der Waals surface area contributed by atoms with E-state index in [-0.39, 0.29) is 18.7 Å². The summed E-state index contributed by atoms with van der Waals surface area (Å²) >= 11 is 0. The first-order valence-corrected chi connectivity index (χ1v) is 6.65. The van der Waals surface area contributed by atoms with Gasteiger partial charge in [0.15, 0.2) is 0 Å². The number of esters is 1. The number of para-hydroxylation sites is 1. The number of ether oxygens (including phenoxy) is 1. The summed E-state index contributed by atoms with van der Waals surface area (Å²) in [5, 5.41) is 18.8. The smallest absolute Gasteiger partial charge is 0.348 e. The van der Waals surface area contributed by atoms with Crippen molar-refractivity contribution in [1.29, 1.82) is 5.26 Å². The van der Waals surface area contributed by atoms with Crippen LogP contribution in [0.3, 0.4) is 0 Å². The Balaban J connectivity index is 2.53. The molecule has 1 aromatic heterocycles. The van der Waals surface area contributed by atoms with Crippen LogP contribution in [-0.2, 0) is 20.9 Å². The van der Waals surface area contributed by atoms with Crippen LogP contribution >= 0.6 is 0 Å². The van der Waals surface area contributed by atoms with Crippen molar-refractivity contribution in [1.82, 2.24) is 4.57 Å². The van der Waals surface area contributed by atoms with Gasteiger partial charge in [-0.1, -0.05) is 18.2 Å². The van der Waals surface area contributed by atoms with Crippen molar-refractivity contribution in [3.63, 3.8) is 0 Å². The summed E-state index contributed by atoms with van der Waals surface area (Å²) in [6.45, 7) is 1.64. The summed E-state index contributed by atoms with van der Waals surface area (Å²) in [5.74, 6) is -1.66. The Labute approximate surface area is 126 Å². The average Bonchev–Trinajstić information content (AvgIpc) is 2.82. The maximum Gasteiger partial charge on any atom is 0.348 e. The van der Waals surface area contributed by atoms with Crippen LogP contribution in [0.4, 0.5) is 0 Å². The highest BCUT2D eigenvalue weighted by molar-refractivity contribution is 6.01. The second kappa shape index (κ2) is 6.59. The van der Waals surface area contributed by atoms with Crippen molar-refractivity contribution in [2.45, 2.75) is 13.5 Å². The molecule has 0 aliphatic heterocycles. The molecule has 22 heavy (non-hydrogen) atoms. The van der Waals surface area contributed by atoms with Crippen molar-refractivity contribution < 1.29 is 19.4 Å². The van der Waals surface area contributed by atoms with Crippen LogP contribution < -0.4 is 0 Å². The average molecular weight is 298 g/mol. The number of rotatable bonds is 5. The molecule has 2 rings (SSSR count). The van der Waals surface area contributed by atoms with Gasteiger partial charge in [-0.2, -0.15) is 5.26 Å². The summed E-state index contributed by atoms with van der Waals surface area (Å²) in [4.78, 5) is 22.6. The van der Waals surface area contributed by atoms with E-state index in [4.69, 9.17) is 15.1 Å². The number of aliphatic carboxylic acids is 1. The fraction of sp³-hybridized carbons (Fsp3) is 0.188. The molecule has 0 saturated heterocycles. The number of carboxylic acid groups (broad SMARTS) is 1. The Hall–Kier alpha value is -3.07. The molecule has 0 unspecified atom stereocenters. The van der Waals surface area contributed by atoms with E-state index in [1.165, 1.54) is 6.08 Å². The van der Waals surface area contributed by atoms with E-state index in [1.807, 2.05) is 6.07 Å². The molecular weight excluding hydrogens is 284 g/mol. The molecule has 1 N–H and O–H groups in total. The number of carbonyl (C=O) groups is 2. The van der Waals surface area contributed by atoms with Crippen molar-refractivity contribution in [2.24, 2.45) is 0 Å². The van der Waals surface area contributed by atoms with Gasteiger partial charge in [-0.3, -0.25) is 4.79 Å². The molecular formula is C16H14N2O4. The Kier molecular flexibility index (Phi) is 4.59. The number of nitrogens with zero attached hydrogens (tertiary/aromatic N) is 2. The van der Waals surface area contributed by atoms with Gasteiger partial charge in [-0.05, 0) is 19.1 Å². The molecule has 6 heteroatoms. The van der Waals surface area contributed by atoms with Gasteiger partial charge in [0.1, 0.15) is 18.2 Å². The highest BCUT2D eigenvalue weighted by Crippen LogP contribution is 2.23. The Morgan fingerprint density at radius 2 is 2.14 bits per heavy atom. The Bertz CT molecular complexity index is 796. The van der Waals surface area contributed by atoms with Crippen molar-refractivity contribution >= 4 is 28.9 Å². The molecule has 0 atom stereocenters. The minimum Gasteiger partial charge on any atom is -0.480 e. The van der Waals surface area contributed by atoms with E-state index >= 15 is 0 Å². The van der Waals surface area contributed by atoms with Gasteiger partial charge >= 0.3 is 11.9 Å². The zero-order valence-electron chi connectivity index (χ0n) is 11.9. The van der Waals surface area contributed by atoms with E-state index in [0.29, 0.717) is 5.56 Å². The summed E-state index contributed by atoms with van der Waals surface area (Å²) < 4.78 is 6.38. The van der Waals surface area contributed by atoms with Gasteiger partial charge in [-0.25, -0.2) is 4.79 Å². The molecule has 0 amide bonds. The first-order valence-electron chi connectivity index (χ1n) is 6.65. The van der Waals surface area contributed by atoms with Crippen LogP contribution in [0, 0.1) is 11.3 Å². The minimum absolute atomic E-state index is 0.125. The second-order valence-corrected chi connectivity index (χ2v) is 4.51. The molecule has 1 aromatic carbocycles. The van der Waals surface area contributed by atoms with E-state index in [1.54, 1.807) is 42.0 Å². The number of carboxylic acids is 1. The van der Waals surface area contributed by atoms with Gasteiger partial charge in [0.05, 0.1) is 6.61 Å². The molecule has 112 valence electrons. The molecule has 2 aromatic rings. The molecule has 0 aliphatic carbocycles. The topological polar surface area (TPSA) is 92.3 Å². The Morgan fingerprint density at radius 1 is 1.41 bits per heavy atom. The summed E-state index contributed by atoms with van der Waals surface area (Å²) in [5.41, 5.74) is 1.19. The van der Waals surface area contributed by atoms with E-state index in [0.717, 1.165) is 10.9 Å². The van der Waals surface area contributed by atoms with Gasteiger partial charge in [0.2, 0.25) is 0 Å². The van der Waals surface area contributed by atoms with E-state index in [2.05, 4.69) is 0 Å². The number of hydrogen-bond donors (Lipinski definition) is 1. The van der Waals surface area contributed by atoms with Crippen LogP contribution in [-0.4, -0.2) is 28.2 Å². The Morgan fingerprint density at radius 3 is 2.77 bits per heavy atom. The lowest BCUT2D eigenvalue weighted by Gasteiger charge is -1.99. The molecule has 0 saturated carbocycles. The van der Waals surface area contributed by atoms with Gasteiger partial charge in [0, 0.05) is 22.7 Å². The molecule has 6 nitrogen and oxygen atoms in total. The van der Waals surface area contributed by atoms with Gasteiger partial charge in [0.25, 0.3) is 0 Å². The largest absolute Gasteiger partial charge is 0.480 e. The third-order valence-electron chi connectivity index (χ3n) is 3.04. The number of nitriles is 1. The zero-order chi connectivity index (χ0) is 16.1. The quantitative estimate of drug-likeness (QED) is 0.519. The predicted octanol–water partition coefficient (Wildman–Crippen LogP) is 2.20. The standard InChI is InChI=1S/C16H14N2O4/c1-2-22-16(21)11(8-17)7-12-9-18(10-15(19)20)14-6-4-3-5-13(12)14/h3-7,9H,2,10H2,1H3,(H,19,20)/b11-7+. The lowest BCUT2D eigenvalue weighted by Crippen LogP contribution is -2.07. The zero-order valence-corrected chi connectivity index (χ0v) is 11.9. The summed E-state index contributed by atoms with van der Waals surface area (Å²) in [7, 11) is 0. The number of hydrogen-bond acceptors (Lipinski definition) is 4. The number of carbonyl (C=O) groups excluding carboxylic acids is 1. The van der Waals surface area contributed by atoms with Crippen molar-refractivity contribution in [3.05, 3.63) is 41.6 Å². The maximum atomic E-state index is 11.7. The van der Waals surface area contributed by atoms with Gasteiger partial charge in [-0.15, -0.1) is 0 Å². The minimum atomic E-state index is -0.970. The van der Waals surface area contributed by atoms with Crippen molar-refractivity contribution in [3.8, 4) is 6.07 Å². The molecule has 0 radical (unpaired) electrons. The summed E-state index contributed by atoms with van der Waals surface area (Å²) in [6, 6.07) is 9.00. The summed E-state index contributed by atoms with van der Waals surface area (Å²) in [6.07, 6.45) is 3.02. The highest BCUT2D eigenvalue weighted by atomic mass is 16.5. The monoisotopic (exact) mass is 298 g/mol. The fourth-order valence-electron chi connectivity index (χ4n) is 2.17. The third kappa shape index (κ3) is 3.15. The number of aromatic nitrogens is 1. The molecule has 0 fully saturated rings. The van der Waals surface area contributed by atoms with Crippen LogP contribution in [0.5, 0.6) is 0 Å². The van der Waals surface area contributed by atoms with E-state index < -0.39 is 11.9 Å². The first kappa shape index (κ1) is 15.3. The lowest BCUT2D eigenvalue weighted by molar-refractivity contribution is -0.138. The van der Waals surface area contributed by atoms with Crippen LogP contribution in [0.2, 0.25) is 0 Å². The SMILES string of the molecule is CCOC(=O)/C(C#N)=C/c1cn(CC(=O)O)c2ccccc12. The van der Waals surface area contributed by atoms with Crippen molar-refractivity contribution in [2.75, 3.05) is 6.61 Å². The third-order valence-corrected chi connectivity index (χ3v) is 3.04. The molecule has 1 heterocycles. The van der Waals surface area contributed by atoms with Crippen LogP contribution in [0.15, 0.2) is 36.0 Å². The number of fused-ring (bicyclic) bond motifs is 1. The number of benzene rings is 1. The first-order chi connectivity index (χ1) is 10.6. The normalized spacial score (nSPS) is 11.2. The highest BCUT2D eigenvalue weighted by Gasteiger charge is 2.13. The second-order valence-electron chi connectivity index (χ2n) is 4.51. The molecule has 0 spiro atoms. The van der Waals surface area contributed by atoms with Crippen LogP contribution in [0.25, 0.3) is 17.0 Å². The van der Waals surface area contributed by atoms with Crippen LogP contribution in [0.1, 0.15) is 12.5 Å². The lowest BCUT2D eigenvalue weighted by atomic mass is 10.1. The molecule has 0 bridgehead atoms. The predicted molar refractivity (Wildman–Crippen MR) is 79.8 cm³/mol. The van der Waals surface area contributed by atoms with Gasteiger partial charge < -0.3 is 14.4 Å². The van der Waals surface area contributed by atoms with E-state index in [9.17, 15) is 9.59 Å². The molecule has 0 aliphatic rings.